The van der Waals surface area contributed by atoms with Crippen molar-refractivity contribution >= 4 is 27.5 Å². The highest BCUT2D eigenvalue weighted by Gasteiger charge is 2.10. The number of carbonyl (C=O) groups is 1. The van der Waals surface area contributed by atoms with Crippen LogP contribution >= 0.6 is 11.3 Å². The van der Waals surface area contributed by atoms with Crippen LogP contribution in [0.3, 0.4) is 0 Å². The van der Waals surface area contributed by atoms with Crippen LogP contribution in [-0.2, 0) is 0 Å². The van der Waals surface area contributed by atoms with Crippen molar-refractivity contribution in [1.29, 1.82) is 0 Å². The van der Waals surface area contributed by atoms with Gasteiger partial charge in [0.25, 0.3) is 5.91 Å². The number of hydrogen-bond acceptors (Lipinski definition) is 3. The molecule has 2 aromatic rings. The number of rotatable bonds is 3. The van der Waals surface area contributed by atoms with E-state index in [-0.39, 0.29) is 12.5 Å². The maximum absolute atomic E-state index is 11.6. The van der Waals surface area contributed by atoms with Crippen LogP contribution < -0.4 is 5.32 Å². The lowest BCUT2D eigenvalue weighted by Crippen LogP contribution is -2.30. The van der Waals surface area contributed by atoms with Gasteiger partial charge >= 0.3 is 0 Å². The van der Waals surface area contributed by atoms with E-state index in [1.807, 2.05) is 17.5 Å². The van der Waals surface area contributed by atoms with Crippen LogP contribution in [0.5, 0.6) is 0 Å². The molecule has 0 saturated heterocycles. The SMILES string of the molecule is CC(O)CNC(=O)c1cc2sccc2[nH]1. The van der Waals surface area contributed by atoms with Gasteiger partial charge in [-0.15, -0.1) is 11.3 Å². The average Bonchev–Trinajstić information content (AvgIpc) is 2.72. The van der Waals surface area contributed by atoms with E-state index in [2.05, 4.69) is 10.3 Å². The van der Waals surface area contributed by atoms with Gasteiger partial charge in [0.2, 0.25) is 0 Å². The summed E-state index contributed by atoms with van der Waals surface area (Å²) in [5, 5.41) is 13.6. The van der Waals surface area contributed by atoms with E-state index in [1.54, 1.807) is 18.3 Å². The summed E-state index contributed by atoms with van der Waals surface area (Å²) in [6, 6.07) is 3.75. The number of aromatic nitrogens is 1. The molecule has 0 spiro atoms. The summed E-state index contributed by atoms with van der Waals surface area (Å²) in [5.41, 5.74) is 1.51. The number of nitrogens with one attached hydrogen (secondary N) is 2. The van der Waals surface area contributed by atoms with Crippen LogP contribution in [-0.4, -0.2) is 28.6 Å². The van der Waals surface area contributed by atoms with Crippen molar-refractivity contribution in [2.45, 2.75) is 13.0 Å². The van der Waals surface area contributed by atoms with Crippen LogP contribution in [0.15, 0.2) is 17.5 Å². The number of aliphatic hydroxyl groups is 1. The summed E-state index contributed by atoms with van der Waals surface area (Å²) >= 11 is 1.59. The van der Waals surface area contributed by atoms with Crippen LogP contribution in [0, 0.1) is 0 Å². The fraction of sp³-hybridized carbons (Fsp3) is 0.300. The van der Waals surface area contributed by atoms with E-state index in [4.69, 9.17) is 5.11 Å². The number of hydrogen-bond donors (Lipinski definition) is 3. The second-order valence-electron chi connectivity index (χ2n) is 3.44. The molecule has 2 rings (SSSR count). The van der Waals surface area contributed by atoms with E-state index in [0.717, 1.165) is 10.2 Å². The van der Waals surface area contributed by atoms with Crippen LogP contribution in [0.2, 0.25) is 0 Å². The number of aromatic amines is 1. The Morgan fingerprint density at radius 3 is 3.20 bits per heavy atom. The van der Waals surface area contributed by atoms with Crippen molar-refractivity contribution in [3.63, 3.8) is 0 Å². The highest BCUT2D eigenvalue weighted by molar-refractivity contribution is 7.17. The number of thiophene rings is 1. The molecule has 0 fully saturated rings. The summed E-state index contributed by atoms with van der Waals surface area (Å²) in [6.07, 6.45) is -0.523. The highest BCUT2D eigenvalue weighted by atomic mass is 32.1. The first-order chi connectivity index (χ1) is 7.16. The Morgan fingerprint density at radius 1 is 1.73 bits per heavy atom. The zero-order valence-electron chi connectivity index (χ0n) is 8.28. The van der Waals surface area contributed by atoms with Gasteiger partial charge in [0.1, 0.15) is 5.69 Å². The predicted molar refractivity (Wildman–Crippen MR) is 60.2 cm³/mol. The Kier molecular flexibility index (Phi) is 2.75. The van der Waals surface area contributed by atoms with Gasteiger partial charge in [-0.1, -0.05) is 0 Å². The summed E-state index contributed by atoms with van der Waals surface area (Å²) < 4.78 is 1.07. The van der Waals surface area contributed by atoms with Gasteiger partial charge in [0.05, 0.1) is 16.3 Å². The first-order valence-corrected chi connectivity index (χ1v) is 5.57. The lowest BCUT2D eigenvalue weighted by atomic mass is 10.3. The Balaban J connectivity index is 2.10. The van der Waals surface area contributed by atoms with E-state index < -0.39 is 6.10 Å². The van der Waals surface area contributed by atoms with E-state index in [1.165, 1.54) is 0 Å². The molecule has 4 nitrogen and oxygen atoms in total. The number of carbonyl (C=O) groups excluding carboxylic acids is 1. The minimum atomic E-state index is -0.523. The molecule has 1 atom stereocenters. The van der Waals surface area contributed by atoms with E-state index in [0.29, 0.717) is 5.69 Å². The minimum absolute atomic E-state index is 0.181. The summed E-state index contributed by atoms with van der Waals surface area (Å²) in [4.78, 5) is 14.6. The van der Waals surface area contributed by atoms with Gasteiger partial charge < -0.3 is 15.4 Å². The molecule has 0 saturated carbocycles. The average molecular weight is 224 g/mol. The predicted octanol–water partition coefficient (Wildman–Crippen LogP) is 1.34. The maximum atomic E-state index is 11.6. The summed E-state index contributed by atoms with van der Waals surface area (Å²) in [5.74, 6) is -0.181. The zero-order valence-corrected chi connectivity index (χ0v) is 9.10. The van der Waals surface area contributed by atoms with Crippen molar-refractivity contribution in [3.8, 4) is 0 Å². The van der Waals surface area contributed by atoms with Crippen molar-refractivity contribution in [2.75, 3.05) is 6.54 Å². The van der Waals surface area contributed by atoms with Gasteiger partial charge in [-0.3, -0.25) is 4.79 Å². The van der Waals surface area contributed by atoms with Gasteiger partial charge in [-0.05, 0) is 24.4 Å². The molecule has 1 amide bonds. The topological polar surface area (TPSA) is 65.1 Å². The fourth-order valence-corrected chi connectivity index (χ4v) is 2.09. The Bertz CT molecular complexity index is 444. The molecule has 0 radical (unpaired) electrons. The number of aliphatic hydroxyl groups excluding tert-OH is 1. The monoisotopic (exact) mass is 224 g/mol. The summed E-state index contributed by atoms with van der Waals surface area (Å²) in [6.45, 7) is 1.90. The summed E-state index contributed by atoms with van der Waals surface area (Å²) in [7, 11) is 0. The van der Waals surface area contributed by atoms with Gasteiger partial charge in [0.15, 0.2) is 0 Å². The molecule has 1 unspecified atom stereocenters. The Labute approximate surface area is 90.9 Å². The molecule has 0 aliphatic carbocycles. The molecule has 0 aliphatic rings. The largest absolute Gasteiger partial charge is 0.392 e. The van der Waals surface area contributed by atoms with Gasteiger partial charge in [0, 0.05) is 6.54 Å². The first-order valence-electron chi connectivity index (χ1n) is 4.69. The van der Waals surface area contributed by atoms with E-state index in [9.17, 15) is 4.79 Å². The molecule has 15 heavy (non-hydrogen) atoms. The van der Waals surface area contributed by atoms with Gasteiger partial charge in [-0.2, -0.15) is 0 Å². The standard InChI is InChI=1S/C10H12N2O2S/c1-6(13)5-11-10(14)8-4-9-7(12-8)2-3-15-9/h2-4,6,12-13H,5H2,1H3,(H,11,14). The molecular formula is C10H12N2O2S. The molecule has 2 heterocycles. The van der Waals surface area contributed by atoms with Crippen molar-refractivity contribution in [2.24, 2.45) is 0 Å². The highest BCUT2D eigenvalue weighted by Crippen LogP contribution is 2.20. The molecule has 0 aliphatic heterocycles. The number of H-pyrrole nitrogens is 1. The lowest BCUT2D eigenvalue weighted by molar-refractivity contribution is 0.0920. The fourth-order valence-electron chi connectivity index (χ4n) is 1.31. The molecule has 2 aromatic heterocycles. The van der Waals surface area contributed by atoms with Crippen LogP contribution in [0.25, 0.3) is 10.2 Å². The third-order valence-corrected chi connectivity index (χ3v) is 2.91. The van der Waals surface area contributed by atoms with Gasteiger partial charge in [-0.25, -0.2) is 0 Å². The van der Waals surface area contributed by atoms with Crippen LogP contribution in [0.1, 0.15) is 17.4 Å². The van der Waals surface area contributed by atoms with Crippen LogP contribution in [0.4, 0.5) is 0 Å². The normalized spacial score (nSPS) is 12.9. The lowest BCUT2D eigenvalue weighted by Gasteiger charge is -2.05. The minimum Gasteiger partial charge on any atom is -0.392 e. The number of amides is 1. The molecule has 0 bridgehead atoms. The number of fused-ring (bicyclic) bond motifs is 1. The van der Waals surface area contributed by atoms with Crippen molar-refractivity contribution in [1.82, 2.24) is 10.3 Å². The van der Waals surface area contributed by atoms with Crippen molar-refractivity contribution < 1.29 is 9.90 Å². The Hall–Kier alpha value is -1.33. The molecule has 5 heteroatoms. The third kappa shape index (κ3) is 2.19. The van der Waals surface area contributed by atoms with Crippen molar-refractivity contribution in [3.05, 3.63) is 23.2 Å². The first kappa shape index (κ1) is 10.2. The maximum Gasteiger partial charge on any atom is 0.267 e. The second-order valence-corrected chi connectivity index (χ2v) is 4.39. The quantitative estimate of drug-likeness (QED) is 0.736. The zero-order chi connectivity index (χ0) is 10.8. The molecule has 80 valence electrons. The molecule has 3 N–H and O–H groups in total. The smallest absolute Gasteiger partial charge is 0.267 e. The second kappa shape index (κ2) is 4.04. The third-order valence-electron chi connectivity index (χ3n) is 2.04. The molecular weight excluding hydrogens is 212 g/mol. The Morgan fingerprint density at radius 2 is 2.53 bits per heavy atom. The molecule has 0 aromatic carbocycles. The van der Waals surface area contributed by atoms with E-state index >= 15 is 0 Å².